The maximum Gasteiger partial charge on any atom is 0.261 e. The van der Waals surface area contributed by atoms with E-state index in [9.17, 15) is 8.78 Å². The van der Waals surface area contributed by atoms with Gasteiger partial charge < -0.3 is 10.1 Å². The normalized spacial score (nSPS) is 24.8. The molecule has 1 N–H and O–H groups in total. The van der Waals surface area contributed by atoms with Gasteiger partial charge in [0.15, 0.2) is 0 Å². The van der Waals surface area contributed by atoms with Crippen molar-refractivity contribution in [2.24, 2.45) is 0 Å². The van der Waals surface area contributed by atoms with E-state index >= 15 is 0 Å². The summed E-state index contributed by atoms with van der Waals surface area (Å²) in [5.74, 6) is 0. The number of hydrogen-bond acceptors (Lipinski definition) is 2. The Balaban J connectivity index is 1.98. The summed E-state index contributed by atoms with van der Waals surface area (Å²) in [5, 5.41) is 3.22. The molecule has 12 heavy (non-hydrogen) atoms. The molecule has 4 heteroatoms. The van der Waals surface area contributed by atoms with E-state index in [0.717, 1.165) is 13.0 Å². The minimum Gasteiger partial charge on any atom is -0.374 e. The molecular formula is C8H15F2NO. The van der Waals surface area contributed by atoms with Crippen LogP contribution in [0, 0.1) is 0 Å². The van der Waals surface area contributed by atoms with Crippen LogP contribution in [0.3, 0.4) is 0 Å². The quantitative estimate of drug-likeness (QED) is 0.704. The molecule has 0 aromatic rings. The molecule has 0 aromatic heterocycles. The lowest BCUT2D eigenvalue weighted by Crippen LogP contribution is -2.37. The van der Waals surface area contributed by atoms with Gasteiger partial charge in [-0.3, -0.25) is 0 Å². The number of rotatable bonds is 4. The smallest absolute Gasteiger partial charge is 0.261 e. The van der Waals surface area contributed by atoms with Crippen molar-refractivity contribution in [2.75, 3.05) is 19.8 Å². The van der Waals surface area contributed by atoms with E-state index in [1.165, 1.54) is 12.8 Å². The third-order valence-corrected chi connectivity index (χ3v) is 1.98. The van der Waals surface area contributed by atoms with Crippen LogP contribution in [0.1, 0.15) is 19.3 Å². The molecular weight excluding hydrogens is 164 g/mol. The molecule has 1 aliphatic heterocycles. The highest BCUT2D eigenvalue weighted by Gasteiger charge is 2.13. The van der Waals surface area contributed by atoms with Gasteiger partial charge in [0.25, 0.3) is 6.43 Å². The van der Waals surface area contributed by atoms with Gasteiger partial charge >= 0.3 is 0 Å². The molecule has 1 rings (SSSR count). The molecule has 0 amide bonds. The molecule has 0 aliphatic carbocycles. The fourth-order valence-corrected chi connectivity index (χ4v) is 1.37. The highest BCUT2D eigenvalue weighted by molar-refractivity contribution is 4.71. The maximum atomic E-state index is 11.6. The lowest BCUT2D eigenvalue weighted by atomic mass is 10.1. The van der Waals surface area contributed by atoms with Crippen LogP contribution in [0.2, 0.25) is 0 Å². The standard InChI is InChI=1S/C8H15F2NO/c9-8(10)6-12-5-7-3-1-2-4-11-7/h7-8,11H,1-6H2. The molecule has 0 saturated carbocycles. The summed E-state index contributed by atoms with van der Waals surface area (Å²) in [6.45, 7) is 0.977. The summed E-state index contributed by atoms with van der Waals surface area (Å²) >= 11 is 0. The molecule has 0 spiro atoms. The molecule has 1 aliphatic rings. The van der Waals surface area contributed by atoms with Gasteiger partial charge in [-0.15, -0.1) is 0 Å². The van der Waals surface area contributed by atoms with E-state index in [1.807, 2.05) is 0 Å². The molecule has 1 saturated heterocycles. The van der Waals surface area contributed by atoms with E-state index in [-0.39, 0.29) is 6.04 Å². The molecule has 1 unspecified atom stereocenters. The van der Waals surface area contributed by atoms with Crippen LogP contribution in [0.25, 0.3) is 0 Å². The number of alkyl halides is 2. The average Bonchev–Trinajstić information content (AvgIpc) is 2.05. The molecule has 1 atom stereocenters. The lowest BCUT2D eigenvalue weighted by molar-refractivity contribution is 0.00709. The van der Waals surface area contributed by atoms with Crippen LogP contribution in [0.15, 0.2) is 0 Å². The van der Waals surface area contributed by atoms with Crippen molar-refractivity contribution in [3.05, 3.63) is 0 Å². The zero-order valence-electron chi connectivity index (χ0n) is 7.06. The Morgan fingerprint density at radius 2 is 2.25 bits per heavy atom. The summed E-state index contributed by atoms with van der Waals surface area (Å²) in [6.07, 6.45) is 1.07. The van der Waals surface area contributed by atoms with Gasteiger partial charge in [-0.1, -0.05) is 6.42 Å². The first-order valence-corrected chi connectivity index (χ1v) is 4.38. The van der Waals surface area contributed by atoms with Crippen molar-refractivity contribution < 1.29 is 13.5 Å². The van der Waals surface area contributed by atoms with Crippen LogP contribution in [-0.2, 0) is 4.74 Å². The molecule has 0 bridgehead atoms. The van der Waals surface area contributed by atoms with Crippen LogP contribution in [-0.4, -0.2) is 32.2 Å². The highest BCUT2D eigenvalue weighted by atomic mass is 19.3. The van der Waals surface area contributed by atoms with Crippen molar-refractivity contribution in [3.8, 4) is 0 Å². The van der Waals surface area contributed by atoms with Crippen molar-refractivity contribution >= 4 is 0 Å². The van der Waals surface area contributed by atoms with E-state index < -0.39 is 13.0 Å². The minimum absolute atomic E-state index is 0.289. The Morgan fingerprint density at radius 1 is 1.42 bits per heavy atom. The van der Waals surface area contributed by atoms with Crippen molar-refractivity contribution in [1.82, 2.24) is 5.32 Å². The molecule has 0 aromatic carbocycles. The van der Waals surface area contributed by atoms with Crippen LogP contribution in [0.4, 0.5) is 8.78 Å². The Labute approximate surface area is 71.3 Å². The first-order valence-electron chi connectivity index (χ1n) is 4.38. The van der Waals surface area contributed by atoms with E-state index in [2.05, 4.69) is 5.32 Å². The molecule has 1 fully saturated rings. The monoisotopic (exact) mass is 179 g/mol. The van der Waals surface area contributed by atoms with Gasteiger partial charge in [0, 0.05) is 6.04 Å². The van der Waals surface area contributed by atoms with Crippen molar-refractivity contribution in [3.63, 3.8) is 0 Å². The first kappa shape index (κ1) is 9.86. The Bertz CT molecular complexity index is 116. The Kier molecular flexibility index (Phi) is 4.46. The topological polar surface area (TPSA) is 21.3 Å². The number of halogens is 2. The van der Waals surface area contributed by atoms with Crippen molar-refractivity contribution in [1.29, 1.82) is 0 Å². The van der Waals surface area contributed by atoms with Crippen LogP contribution >= 0.6 is 0 Å². The fourth-order valence-electron chi connectivity index (χ4n) is 1.37. The van der Waals surface area contributed by atoms with Gasteiger partial charge in [-0.25, -0.2) is 8.78 Å². The average molecular weight is 179 g/mol. The second kappa shape index (κ2) is 5.43. The Hall–Kier alpha value is -0.220. The minimum atomic E-state index is -2.34. The summed E-state index contributed by atoms with van der Waals surface area (Å²) in [4.78, 5) is 0. The van der Waals surface area contributed by atoms with Gasteiger partial charge in [0.1, 0.15) is 6.61 Å². The SMILES string of the molecule is FC(F)COCC1CCCCN1. The largest absolute Gasteiger partial charge is 0.374 e. The van der Waals surface area contributed by atoms with Gasteiger partial charge in [0.05, 0.1) is 6.61 Å². The van der Waals surface area contributed by atoms with Crippen LogP contribution in [0.5, 0.6) is 0 Å². The highest BCUT2D eigenvalue weighted by Crippen LogP contribution is 2.07. The molecule has 72 valence electrons. The predicted octanol–water partition coefficient (Wildman–Crippen LogP) is 1.41. The summed E-state index contributed by atoms with van der Waals surface area (Å²) < 4.78 is 28.1. The number of hydrogen-bond donors (Lipinski definition) is 1. The van der Waals surface area contributed by atoms with Gasteiger partial charge in [0.2, 0.25) is 0 Å². The third-order valence-electron chi connectivity index (χ3n) is 1.98. The molecule has 2 nitrogen and oxygen atoms in total. The fraction of sp³-hybridized carbons (Fsp3) is 1.00. The summed E-state index contributed by atoms with van der Waals surface area (Å²) in [7, 11) is 0. The maximum absolute atomic E-state index is 11.6. The lowest BCUT2D eigenvalue weighted by Gasteiger charge is -2.22. The predicted molar refractivity (Wildman–Crippen MR) is 42.5 cm³/mol. The van der Waals surface area contributed by atoms with Crippen molar-refractivity contribution in [2.45, 2.75) is 31.7 Å². The summed E-state index contributed by atoms with van der Waals surface area (Å²) in [5.41, 5.74) is 0. The second-order valence-electron chi connectivity index (χ2n) is 3.08. The van der Waals surface area contributed by atoms with Gasteiger partial charge in [-0.05, 0) is 19.4 Å². The van der Waals surface area contributed by atoms with E-state index in [1.54, 1.807) is 0 Å². The van der Waals surface area contributed by atoms with Crippen LogP contribution < -0.4 is 5.32 Å². The first-order chi connectivity index (χ1) is 5.79. The molecule has 0 radical (unpaired) electrons. The van der Waals surface area contributed by atoms with E-state index in [4.69, 9.17) is 4.74 Å². The van der Waals surface area contributed by atoms with E-state index in [0.29, 0.717) is 6.61 Å². The summed E-state index contributed by atoms with van der Waals surface area (Å²) in [6, 6.07) is 0.289. The number of nitrogens with one attached hydrogen (secondary N) is 1. The number of ether oxygens (including phenoxy) is 1. The zero-order chi connectivity index (χ0) is 8.81. The van der Waals surface area contributed by atoms with Gasteiger partial charge in [-0.2, -0.15) is 0 Å². The number of piperidine rings is 1. The second-order valence-corrected chi connectivity index (χ2v) is 3.08. The zero-order valence-corrected chi connectivity index (χ0v) is 7.06. The Morgan fingerprint density at radius 3 is 2.83 bits per heavy atom. The third kappa shape index (κ3) is 3.97. The molecule has 1 heterocycles.